The van der Waals surface area contributed by atoms with Gasteiger partial charge in [0.05, 0.1) is 11.4 Å². The van der Waals surface area contributed by atoms with E-state index >= 15 is 0 Å². The average molecular weight is 779 g/mol. The van der Waals surface area contributed by atoms with E-state index in [1.807, 2.05) is 22.7 Å². The summed E-state index contributed by atoms with van der Waals surface area (Å²) >= 11 is 3.72. The molecule has 4 heteroatoms. The van der Waals surface area contributed by atoms with E-state index in [1.54, 1.807) is 0 Å². The van der Waals surface area contributed by atoms with E-state index < -0.39 is 0 Å². The number of fused-ring (bicyclic) bond motifs is 9. The number of hydrogen-bond acceptors (Lipinski definition) is 4. The Balaban J connectivity index is 1.18. The minimum absolute atomic E-state index is 1.12. The summed E-state index contributed by atoms with van der Waals surface area (Å²) in [5, 5.41) is 10.0. The first-order chi connectivity index (χ1) is 28.6. The smallest absolute Gasteiger partial charge is 0.0546 e. The molecule has 0 radical (unpaired) electrons. The third-order valence-corrected chi connectivity index (χ3v) is 13.8. The highest BCUT2D eigenvalue weighted by Crippen LogP contribution is 2.48. The van der Waals surface area contributed by atoms with Gasteiger partial charge in [-0.15, -0.1) is 22.7 Å². The Morgan fingerprint density at radius 1 is 0.362 bits per heavy atom. The molecule has 2 heterocycles. The van der Waals surface area contributed by atoms with Crippen molar-refractivity contribution in [3.05, 3.63) is 199 Å². The van der Waals surface area contributed by atoms with Gasteiger partial charge in [0.2, 0.25) is 0 Å². The predicted octanol–water partition coefficient (Wildman–Crippen LogP) is 17.0. The second-order valence-electron chi connectivity index (χ2n) is 14.9. The molecule has 0 saturated heterocycles. The lowest BCUT2D eigenvalue weighted by atomic mass is 9.91. The molecule has 2 nitrogen and oxygen atoms in total. The van der Waals surface area contributed by atoms with Crippen LogP contribution in [0.3, 0.4) is 0 Å². The molecule has 0 aliphatic rings. The number of thiophene rings is 2. The molecule has 0 amide bonds. The molecular weight excluding hydrogens is 741 g/mol. The third-order valence-electron chi connectivity index (χ3n) is 11.5. The largest absolute Gasteiger partial charge is 0.310 e. The molecule has 0 aliphatic heterocycles. The number of nitrogens with zero attached hydrogens (tertiary/aromatic N) is 2. The molecule has 0 fully saturated rings. The first-order valence-corrected chi connectivity index (χ1v) is 21.4. The van der Waals surface area contributed by atoms with E-state index in [-0.39, 0.29) is 0 Å². The molecule has 0 aliphatic carbocycles. The molecular formula is C54H38N2S2. The fourth-order valence-corrected chi connectivity index (χ4v) is 11.0. The van der Waals surface area contributed by atoms with Crippen LogP contribution in [0.5, 0.6) is 0 Å². The fraction of sp³-hybridized carbons (Fsp3) is 0.0370. The normalized spacial score (nSPS) is 11.9. The lowest BCUT2D eigenvalue weighted by Gasteiger charge is -2.30. The maximum atomic E-state index is 2.45. The van der Waals surface area contributed by atoms with Crippen LogP contribution in [-0.2, 0) is 0 Å². The summed E-state index contributed by atoms with van der Waals surface area (Å²) in [6.45, 7) is 4.42. The van der Waals surface area contributed by atoms with Crippen LogP contribution < -0.4 is 9.80 Å². The SMILES string of the molecule is C/C=C\c1c(C)c(N(c2ccccc2)c2ccc3sc4ccccc4c3c2)cc2c1cc(N(c1ccccc1)c1ccc3sc4ccccc4c3c1)c1ccccc12. The van der Waals surface area contributed by atoms with Gasteiger partial charge >= 0.3 is 0 Å². The first kappa shape index (κ1) is 34.5. The predicted molar refractivity (Wildman–Crippen MR) is 256 cm³/mol. The van der Waals surface area contributed by atoms with E-state index in [0.29, 0.717) is 0 Å². The van der Waals surface area contributed by atoms with Crippen molar-refractivity contribution in [2.75, 3.05) is 9.80 Å². The molecule has 276 valence electrons. The van der Waals surface area contributed by atoms with Gasteiger partial charge in [-0.2, -0.15) is 0 Å². The van der Waals surface area contributed by atoms with E-state index in [4.69, 9.17) is 0 Å². The first-order valence-electron chi connectivity index (χ1n) is 19.8. The Kier molecular flexibility index (Phi) is 8.35. The number of benzene rings is 9. The molecule has 0 bridgehead atoms. The summed E-state index contributed by atoms with van der Waals surface area (Å²) in [5.41, 5.74) is 9.30. The van der Waals surface area contributed by atoms with E-state index in [1.165, 1.54) is 78.7 Å². The van der Waals surface area contributed by atoms with Crippen LogP contribution in [0.15, 0.2) is 188 Å². The van der Waals surface area contributed by atoms with Crippen LogP contribution in [-0.4, -0.2) is 0 Å². The van der Waals surface area contributed by atoms with E-state index in [9.17, 15) is 0 Å². The van der Waals surface area contributed by atoms with Crippen LogP contribution in [0, 0.1) is 6.92 Å². The average Bonchev–Trinajstić information content (AvgIpc) is 3.84. The van der Waals surface area contributed by atoms with Crippen LogP contribution >= 0.6 is 22.7 Å². The Labute approximate surface area is 345 Å². The molecule has 11 rings (SSSR count). The van der Waals surface area contributed by atoms with Gasteiger partial charge in [0.15, 0.2) is 0 Å². The maximum Gasteiger partial charge on any atom is 0.0546 e. The lowest BCUT2D eigenvalue weighted by Crippen LogP contribution is -2.13. The molecule has 0 spiro atoms. The highest BCUT2D eigenvalue weighted by atomic mass is 32.1. The van der Waals surface area contributed by atoms with Crippen LogP contribution in [0.25, 0.3) is 68.0 Å². The van der Waals surface area contributed by atoms with Gasteiger partial charge < -0.3 is 9.80 Å². The summed E-state index contributed by atoms with van der Waals surface area (Å²) < 4.78 is 5.23. The van der Waals surface area contributed by atoms with E-state index in [0.717, 1.165) is 28.4 Å². The third kappa shape index (κ3) is 5.60. The minimum atomic E-state index is 1.12. The topological polar surface area (TPSA) is 6.48 Å². The zero-order valence-corrected chi connectivity index (χ0v) is 33.8. The number of hydrogen-bond donors (Lipinski definition) is 0. The summed E-state index contributed by atoms with van der Waals surface area (Å²) in [4.78, 5) is 4.90. The van der Waals surface area contributed by atoms with Crippen LogP contribution in [0.1, 0.15) is 18.1 Å². The van der Waals surface area contributed by atoms with Crippen molar-refractivity contribution in [2.45, 2.75) is 13.8 Å². The van der Waals surface area contributed by atoms with Gasteiger partial charge in [-0.25, -0.2) is 0 Å². The number of anilines is 6. The van der Waals surface area contributed by atoms with Crippen molar-refractivity contribution < 1.29 is 0 Å². The number of para-hydroxylation sites is 2. The molecule has 2 aromatic heterocycles. The second kappa shape index (κ2) is 14.0. The summed E-state index contributed by atoms with van der Waals surface area (Å²) in [6.07, 6.45) is 4.48. The van der Waals surface area contributed by atoms with Gasteiger partial charge in [0.25, 0.3) is 0 Å². The fourth-order valence-electron chi connectivity index (χ4n) is 8.86. The molecule has 0 unspecified atom stereocenters. The highest BCUT2D eigenvalue weighted by Gasteiger charge is 2.23. The Morgan fingerprint density at radius 3 is 1.36 bits per heavy atom. The molecule has 0 atom stereocenters. The van der Waals surface area contributed by atoms with Gasteiger partial charge in [-0.05, 0) is 126 Å². The van der Waals surface area contributed by atoms with Crippen molar-refractivity contribution in [2.24, 2.45) is 0 Å². The van der Waals surface area contributed by atoms with Crippen LogP contribution in [0.2, 0.25) is 0 Å². The summed E-state index contributed by atoms with van der Waals surface area (Å²) in [7, 11) is 0. The molecule has 58 heavy (non-hydrogen) atoms. The minimum Gasteiger partial charge on any atom is -0.310 e. The van der Waals surface area contributed by atoms with Gasteiger partial charge in [-0.1, -0.05) is 109 Å². The molecule has 0 N–H and O–H groups in total. The molecule has 9 aromatic carbocycles. The Bertz CT molecular complexity index is 3380. The zero-order valence-electron chi connectivity index (χ0n) is 32.2. The number of allylic oxidation sites excluding steroid dienone is 1. The summed E-state index contributed by atoms with van der Waals surface area (Å²) in [6, 6.07) is 66.9. The van der Waals surface area contributed by atoms with Crippen molar-refractivity contribution in [3.63, 3.8) is 0 Å². The van der Waals surface area contributed by atoms with Crippen molar-refractivity contribution in [1.82, 2.24) is 0 Å². The van der Waals surface area contributed by atoms with Gasteiger partial charge in [0.1, 0.15) is 0 Å². The molecule has 11 aromatic rings. The quantitative estimate of drug-likeness (QED) is 0.149. The lowest BCUT2D eigenvalue weighted by molar-refractivity contribution is 1.26. The second-order valence-corrected chi connectivity index (χ2v) is 17.0. The van der Waals surface area contributed by atoms with Crippen molar-refractivity contribution >= 4 is 125 Å². The zero-order chi connectivity index (χ0) is 38.7. The highest BCUT2D eigenvalue weighted by molar-refractivity contribution is 7.26. The van der Waals surface area contributed by atoms with Crippen LogP contribution in [0.4, 0.5) is 34.1 Å². The summed E-state index contributed by atoms with van der Waals surface area (Å²) in [5.74, 6) is 0. The van der Waals surface area contributed by atoms with Gasteiger partial charge in [-0.3, -0.25) is 0 Å². The monoisotopic (exact) mass is 778 g/mol. The maximum absolute atomic E-state index is 2.45. The molecule has 0 saturated carbocycles. The van der Waals surface area contributed by atoms with Gasteiger partial charge in [0, 0.05) is 68.5 Å². The van der Waals surface area contributed by atoms with Crippen molar-refractivity contribution in [1.29, 1.82) is 0 Å². The van der Waals surface area contributed by atoms with Crippen molar-refractivity contribution in [3.8, 4) is 0 Å². The van der Waals surface area contributed by atoms with E-state index in [2.05, 4.69) is 218 Å². The number of rotatable bonds is 7. The Hall–Kier alpha value is -6.72. The standard InChI is InChI=1S/C54H38N2S2/c1-3-16-40-35(2)49(55(36-17-6-4-7-18-36)38-27-29-53-47(31-38)43-23-12-14-25-51(43)57-53)33-46-41-21-10-11-22-42(41)50(34-45(40)46)56(37-19-8-5-9-20-37)39-28-30-54-48(32-39)44-24-13-15-26-52(44)58-54/h3-34H,1-2H3/b16-3-. The Morgan fingerprint density at radius 2 is 0.810 bits per heavy atom.